The topological polar surface area (TPSA) is 3.24 Å². The summed E-state index contributed by atoms with van der Waals surface area (Å²) in [5, 5.41) is 5.13. The third-order valence-electron chi connectivity index (χ3n) is 9.26. The van der Waals surface area contributed by atoms with Crippen LogP contribution in [-0.4, -0.2) is 0 Å². The number of rotatable bonds is 6. The lowest BCUT2D eigenvalue weighted by molar-refractivity contribution is 1.29. The second kappa shape index (κ2) is 12.0. The van der Waals surface area contributed by atoms with E-state index in [0.717, 1.165) is 17.1 Å². The van der Waals surface area contributed by atoms with Gasteiger partial charge in [0.25, 0.3) is 0 Å². The average molecular weight is 630 g/mol. The van der Waals surface area contributed by atoms with Crippen LogP contribution in [0, 0.1) is 0 Å². The maximum Gasteiger partial charge on any atom is 0.0476 e. The average Bonchev–Trinajstić information content (AvgIpc) is 3.54. The van der Waals surface area contributed by atoms with Crippen LogP contribution in [0.15, 0.2) is 188 Å². The van der Waals surface area contributed by atoms with Crippen molar-refractivity contribution in [3.8, 4) is 33.4 Å². The number of hydrogen-bond donors (Lipinski definition) is 0. The summed E-state index contributed by atoms with van der Waals surface area (Å²) >= 11 is 1.86. The fourth-order valence-electron chi connectivity index (χ4n) is 6.78. The van der Waals surface area contributed by atoms with Crippen LogP contribution >= 0.6 is 11.3 Å². The van der Waals surface area contributed by atoms with E-state index in [0.29, 0.717) is 0 Å². The van der Waals surface area contributed by atoms with Gasteiger partial charge in [0.15, 0.2) is 0 Å². The Balaban J connectivity index is 1.13. The zero-order valence-corrected chi connectivity index (χ0v) is 27.1. The molecule has 226 valence electrons. The molecule has 0 radical (unpaired) electrons. The number of fused-ring (bicyclic) bond motifs is 4. The van der Waals surface area contributed by atoms with Gasteiger partial charge in [-0.15, -0.1) is 11.3 Å². The van der Waals surface area contributed by atoms with E-state index in [9.17, 15) is 0 Å². The van der Waals surface area contributed by atoms with Crippen molar-refractivity contribution in [3.05, 3.63) is 188 Å². The molecule has 0 aliphatic rings. The first kappa shape index (κ1) is 28.3. The molecule has 0 saturated carbocycles. The Bertz CT molecular complexity index is 2540. The van der Waals surface area contributed by atoms with Gasteiger partial charge in [-0.2, -0.15) is 0 Å². The van der Waals surface area contributed by atoms with Crippen molar-refractivity contribution in [2.75, 3.05) is 4.90 Å². The largest absolute Gasteiger partial charge is 0.310 e. The van der Waals surface area contributed by atoms with E-state index in [1.165, 1.54) is 64.3 Å². The minimum absolute atomic E-state index is 1.12. The zero-order valence-electron chi connectivity index (χ0n) is 26.3. The van der Waals surface area contributed by atoms with Gasteiger partial charge in [-0.25, -0.2) is 0 Å². The SMILES string of the molecule is c1ccc(-c2ccc(-c3ccc(N(c4cccc(-c5ccc6ccccc6c5)c4)c4ccc5c(c4)sc4ccccc45)cc3)cc2)cc1. The molecule has 0 bridgehead atoms. The number of benzene rings is 8. The lowest BCUT2D eigenvalue weighted by Crippen LogP contribution is -2.09. The normalized spacial score (nSPS) is 11.3. The fraction of sp³-hybridized carbons (Fsp3) is 0. The Labute approximate surface area is 284 Å². The van der Waals surface area contributed by atoms with Gasteiger partial charge in [0.05, 0.1) is 0 Å². The van der Waals surface area contributed by atoms with Crippen LogP contribution < -0.4 is 4.90 Å². The quantitative estimate of drug-likeness (QED) is 0.177. The van der Waals surface area contributed by atoms with Crippen molar-refractivity contribution >= 4 is 59.3 Å². The van der Waals surface area contributed by atoms with Gasteiger partial charge in [0.1, 0.15) is 0 Å². The van der Waals surface area contributed by atoms with E-state index in [4.69, 9.17) is 0 Å². The highest BCUT2D eigenvalue weighted by Crippen LogP contribution is 2.42. The predicted octanol–water partition coefficient (Wildman–Crippen LogP) is 13.7. The van der Waals surface area contributed by atoms with Gasteiger partial charge in [-0.3, -0.25) is 0 Å². The minimum atomic E-state index is 1.12. The first-order valence-electron chi connectivity index (χ1n) is 16.3. The van der Waals surface area contributed by atoms with Crippen molar-refractivity contribution in [2.45, 2.75) is 0 Å². The molecule has 9 aromatic rings. The molecule has 0 unspecified atom stereocenters. The van der Waals surface area contributed by atoms with Crippen molar-refractivity contribution in [1.29, 1.82) is 0 Å². The van der Waals surface area contributed by atoms with Gasteiger partial charge in [-0.1, -0.05) is 140 Å². The van der Waals surface area contributed by atoms with Crippen LogP contribution in [0.2, 0.25) is 0 Å². The third-order valence-corrected chi connectivity index (χ3v) is 10.4. The number of anilines is 3. The molecule has 1 heterocycles. The smallest absolute Gasteiger partial charge is 0.0476 e. The molecule has 0 spiro atoms. The first-order valence-corrected chi connectivity index (χ1v) is 17.2. The molecule has 0 aliphatic heterocycles. The lowest BCUT2D eigenvalue weighted by atomic mass is 9.99. The van der Waals surface area contributed by atoms with Gasteiger partial charge in [-0.05, 0) is 92.7 Å². The van der Waals surface area contributed by atoms with Gasteiger partial charge in [0.2, 0.25) is 0 Å². The summed E-state index contributed by atoms with van der Waals surface area (Å²) < 4.78 is 2.61. The molecule has 48 heavy (non-hydrogen) atoms. The molecule has 2 heteroatoms. The Morgan fingerprint density at radius 3 is 1.62 bits per heavy atom. The molecular formula is C46H31NS. The van der Waals surface area contributed by atoms with Crippen LogP contribution in [0.3, 0.4) is 0 Å². The summed E-state index contributed by atoms with van der Waals surface area (Å²) in [4.78, 5) is 2.39. The Kier molecular flexibility index (Phi) is 7.07. The summed E-state index contributed by atoms with van der Waals surface area (Å²) in [5.74, 6) is 0. The molecule has 0 amide bonds. The number of thiophene rings is 1. The van der Waals surface area contributed by atoms with E-state index in [1.807, 2.05) is 11.3 Å². The Hall–Kier alpha value is -5.96. The van der Waals surface area contributed by atoms with Crippen LogP contribution in [0.25, 0.3) is 64.3 Å². The van der Waals surface area contributed by atoms with E-state index in [1.54, 1.807) is 0 Å². The monoisotopic (exact) mass is 629 g/mol. The number of nitrogens with zero attached hydrogens (tertiary/aromatic N) is 1. The second-order valence-corrected chi connectivity index (χ2v) is 13.3. The molecule has 9 rings (SSSR count). The molecule has 0 N–H and O–H groups in total. The molecule has 8 aromatic carbocycles. The molecule has 0 atom stereocenters. The van der Waals surface area contributed by atoms with E-state index in [-0.39, 0.29) is 0 Å². The summed E-state index contributed by atoms with van der Waals surface area (Å²) in [7, 11) is 0. The third kappa shape index (κ3) is 5.23. The summed E-state index contributed by atoms with van der Waals surface area (Å²) in [6, 6.07) is 68.2. The second-order valence-electron chi connectivity index (χ2n) is 12.2. The highest BCUT2D eigenvalue weighted by molar-refractivity contribution is 7.25. The maximum atomic E-state index is 2.39. The Morgan fingerprint density at radius 1 is 0.292 bits per heavy atom. The maximum absolute atomic E-state index is 2.39. The highest BCUT2D eigenvalue weighted by Gasteiger charge is 2.16. The van der Waals surface area contributed by atoms with E-state index in [2.05, 4.69) is 193 Å². The fourth-order valence-corrected chi connectivity index (χ4v) is 7.92. The molecule has 0 saturated heterocycles. The highest BCUT2D eigenvalue weighted by atomic mass is 32.1. The number of hydrogen-bond acceptors (Lipinski definition) is 2. The zero-order chi connectivity index (χ0) is 31.9. The predicted molar refractivity (Wildman–Crippen MR) is 208 cm³/mol. The van der Waals surface area contributed by atoms with Crippen LogP contribution in [0.5, 0.6) is 0 Å². The minimum Gasteiger partial charge on any atom is -0.310 e. The van der Waals surface area contributed by atoms with Crippen molar-refractivity contribution < 1.29 is 0 Å². The molecule has 1 aromatic heterocycles. The van der Waals surface area contributed by atoms with E-state index >= 15 is 0 Å². The van der Waals surface area contributed by atoms with Gasteiger partial charge in [0, 0.05) is 37.2 Å². The van der Waals surface area contributed by atoms with Crippen LogP contribution in [0.4, 0.5) is 17.1 Å². The Morgan fingerprint density at radius 2 is 0.833 bits per heavy atom. The van der Waals surface area contributed by atoms with Crippen LogP contribution in [-0.2, 0) is 0 Å². The van der Waals surface area contributed by atoms with E-state index < -0.39 is 0 Å². The van der Waals surface area contributed by atoms with Crippen molar-refractivity contribution in [2.24, 2.45) is 0 Å². The van der Waals surface area contributed by atoms with Gasteiger partial charge >= 0.3 is 0 Å². The molecule has 1 nitrogen and oxygen atoms in total. The summed E-state index contributed by atoms with van der Waals surface area (Å²) in [6.45, 7) is 0. The van der Waals surface area contributed by atoms with Crippen molar-refractivity contribution in [3.63, 3.8) is 0 Å². The first-order chi connectivity index (χ1) is 23.8. The molecule has 0 aliphatic carbocycles. The van der Waals surface area contributed by atoms with Gasteiger partial charge < -0.3 is 4.90 Å². The van der Waals surface area contributed by atoms with Crippen molar-refractivity contribution in [1.82, 2.24) is 0 Å². The lowest BCUT2D eigenvalue weighted by Gasteiger charge is -2.26. The summed E-state index contributed by atoms with van der Waals surface area (Å²) in [5.41, 5.74) is 10.7. The molecular weight excluding hydrogens is 599 g/mol. The van der Waals surface area contributed by atoms with Crippen LogP contribution in [0.1, 0.15) is 0 Å². The standard InChI is InChI=1S/C46H31NS/c1-2-9-32(10-3-1)34-17-19-35(20-18-34)36-23-25-40(26-24-36)47(42-27-28-44-43-15-6-7-16-45(43)48-46(44)31-42)41-14-8-13-38(30-41)39-22-21-33-11-4-5-12-37(33)29-39/h1-31H. The molecule has 0 fully saturated rings. The summed E-state index contributed by atoms with van der Waals surface area (Å²) in [6.07, 6.45) is 0.